The van der Waals surface area contributed by atoms with Crippen molar-refractivity contribution < 1.29 is 19.5 Å². The molecule has 4 aromatic rings. The maximum atomic E-state index is 13.8. The van der Waals surface area contributed by atoms with E-state index in [4.69, 9.17) is 9.97 Å². The van der Waals surface area contributed by atoms with Crippen molar-refractivity contribution in [3.05, 3.63) is 81.9 Å². The summed E-state index contributed by atoms with van der Waals surface area (Å²) in [6, 6.07) is 11.8. The summed E-state index contributed by atoms with van der Waals surface area (Å²) in [5.74, 6) is -0.282. The third-order valence-electron chi connectivity index (χ3n) is 13.5. The Labute approximate surface area is 323 Å². The average molecular weight is 747 g/mol. The summed E-state index contributed by atoms with van der Waals surface area (Å²) in [6.07, 6.45) is 8.27. The molecule has 12 nitrogen and oxygen atoms in total. The maximum absolute atomic E-state index is 13.8. The zero-order valence-electron chi connectivity index (χ0n) is 32.9. The molecule has 2 bridgehead atoms. The van der Waals surface area contributed by atoms with Crippen LogP contribution in [0.1, 0.15) is 107 Å². The molecule has 2 aliphatic heterocycles. The number of carbonyl (C=O) groups excluding carboxylic acids is 2. The van der Waals surface area contributed by atoms with Crippen molar-refractivity contribution in [2.24, 2.45) is 24.9 Å². The predicted molar refractivity (Wildman–Crippen MR) is 212 cm³/mol. The van der Waals surface area contributed by atoms with Gasteiger partial charge in [-0.1, -0.05) is 31.2 Å². The number of hydrogen-bond donors (Lipinski definition) is 3. The molecule has 0 unspecified atom stereocenters. The van der Waals surface area contributed by atoms with E-state index in [1.54, 1.807) is 0 Å². The first-order chi connectivity index (χ1) is 26.4. The number of aromatic nitrogens is 4. The fourth-order valence-electron chi connectivity index (χ4n) is 10.1. The van der Waals surface area contributed by atoms with Gasteiger partial charge in [-0.05, 0) is 112 Å². The highest BCUT2D eigenvalue weighted by atomic mass is 16.4. The minimum atomic E-state index is -0.612. The van der Waals surface area contributed by atoms with E-state index in [0.717, 1.165) is 141 Å². The van der Waals surface area contributed by atoms with Crippen LogP contribution in [0.3, 0.4) is 0 Å². The molecule has 55 heavy (non-hydrogen) atoms. The summed E-state index contributed by atoms with van der Waals surface area (Å²) in [5, 5.41) is 16.1. The molecule has 2 aromatic heterocycles. The predicted octanol–water partition coefficient (Wildman–Crippen LogP) is 6.49. The number of amides is 2. The van der Waals surface area contributed by atoms with Gasteiger partial charge in [-0.15, -0.1) is 0 Å². The van der Waals surface area contributed by atoms with Gasteiger partial charge < -0.3 is 24.9 Å². The third-order valence-corrected chi connectivity index (χ3v) is 13.5. The second-order valence-electron chi connectivity index (χ2n) is 16.7. The van der Waals surface area contributed by atoms with E-state index < -0.39 is 11.4 Å². The van der Waals surface area contributed by atoms with Gasteiger partial charge in [0.1, 0.15) is 0 Å². The number of fused-ring (bicyclic) bond motifs is 4. The fraction of sp³-hybridized carbons (Fsp3) is 0.512. The van der Waals surface area contributed by atoms with Crippen LogP contribution in [-0.2, 0) is 44.8 Å². The first-order valence-electron chi connectivity index (χ1n) is 20.0. The number of benzene rings is 2. The van der Waals surface area contributed by atoms with Gasteiger partial charge in [-0.2, -0.15) is 0 Å². The summed E-state index contributed by atoms with van der Waals surface area (Å²) in [7, 11) is 3.85. The van der Waals surface area contributed by atoms with Gasteiger partial charge in [-0.3, -0.25) is 24.2 Å². The molecule has 4 aliphatic rings. The lowest BCUT2D eigenvalue weighted by Crippen LogP contribution is -2.34. The quantitative estimate of drug-likeness (QED) is 0.158. The van der Waals surface area contributed by atoms with Crippen molar-refractivity contribution in [1.29, 1.82) is 0 Å². The van der Waals surface area contributed by atoms with Crippen molar-refractivity contribution in [1.82, 2.24) is 28.9 Å². The molecule has 2 aliphatic carbocycles. The van der Waals surface area contributed by atoms with E-state index in [1.807, 2.05) is 73.5 Å². The summed E-state index contributed by atoms with van der Waals surface area (Å²) in [4.78, 5) is 53.8. The molecule has 0 atom stereocenters. The van der Waals surface area contributed by atoms with Gasteiger partial charge in [0.05, 0.1) is 16.8 Å². The maximum Gasteiger partial charge on any atom is 0.309 e. The molecular formula is C43H54N8O4. The molecule has 2 saturated carbocycles. The molecule has 2 amide bonds. The second-order valence-corrected chi connectivity index (χ2v) is 16.7. The summed E-state index contributed by atoms with van der Waals surface area (Å²) < 4.78 is 3.88. The highest BCUT2D eigenvalue weighted by molar-refractivity contribution is 6.04. The molecule has 290 valence electrons. The molecule has 0 spiro atoms. The van der Waals surface area contributed by atoms with Crippen molar-refractivity contribution in [3.63, 3.8) is 0 Å². The van der Waals surface area contributed by atoms with Crippen LogP contribution in [0.25, 0.3) is 11.1 Å². The van der Waals surface area contributed by atoms with Gasteiger partial charge in [0.2, 0.25) is 0 Å². The molecule has 12 heteroatoms. The minimum absolute atomic E-state index is 0.157. The Morgan fingerprint density at radius 1 is 0.745 bits per heavy atom. The molecular weight excluding hydrogens is 693 g/mol. The number of hydrogen-bond acceptors (Lipinski definition) is 7. The van der Waals surface area contributed by atoms with Gasteiger partial charge in [0.25, 0.3) is 11.8 Å². The van der Waals surface area contributed by atoms with Crippen LogP contribution in [0.15, 0.2) is 36.4 Å². The largest absolute Gasteiger partial charge is 0.481 e. The van der Waals surface area contributed by atoms with E-state index in [1.165, 1.54) is 0 Å². The SMILES string of the molecule is CCCN1CCc2c(nc(C(=O)Nc3cccc(-c4cccc(NC(=O)c5nc6c(n5C)CCN(CCC57CCC(C(=O)O)(CC5)C7)C6)c4C)c3C)n2C)C1. The van der Waals surface area contributed by atoms with Crippen molar-refractivity contribution in [2.45, 2.75) is 91.6 Å². The summed E-state index contributed by atoms with van der Waals surface area (Å²) >= 11 is 0. The van der Waals surface area contributed by atoms with Gasteiger partial charge in [0.15, 0.2) is 11.6 Å². The molecule has 8 rings (SSSR count). The van der Waals surface area contributed by atoms with Gasteiger partial charge >= 0.3 is 5.97 Å². The first kappa shape index (κ1) is 37.1. The fourth-order valence-corrected chi connectivity index (χ4v) is 10.1. The summed E-state index contributed by atoms with van der Waals surface area (Å²) in [5.41, 5.74) is 9.03. The van der Waals surface area contributed by atoms with Crippen LogP contribution >= 0.6 is 0 Å². The lowest BCUT2D eigenvalue weighted by molar-refractivity contribution is -0.148. The Bertz CT molecular complexity index is 2170. The number of carboxylic acid groups (broad SMARTS) is 1. The second kappa shape index (κ2) is 14.4. The van der Waals surface area contributed by atoms with E-state index in [9.17, 15) is 19.5 Å². The zero-order chi connectivity index (χ0) is 38.6. The van der Waals surface area contributed by atoms with Crippen molar-refractivity contribution >= 4 is 29.2 Å². The molecule has 0 saturated heterocycles. The topological polar surface area (TPSA) is 138 Å². The highest BCUT2D eigenvalue weighted by Crippen LogP contribution is 2.63. The van der Waals surface area contributed by atoms with E-state index in [0.29, 0.717) is 23.9 Å². The lowest BCUT2D eigenvalue weighted by Gasteiger charge is -2.32. The number of aliphatic carboxylic acids is 1. The van der Waals surface area contributed by atoms with E-state index >= 15 is 0 Å². The van der Waals surface area contributed by atoms with Crippen LogP contribution < -0.4 is 10.6 Å². The Morgan fingerprint density at radius 3 is 1.69 bits per heavy atom. The number of nitrogens with zero attached hydrogens (tertiary/aromatic N) is 6. The smallest absolute Gasteiger partial charge is 0.309 e. The lowest BCUT2D eigenvalue weighted by atomic mass is 9.80. The van der Waals surface area contributed by atoms with Crippen LogP contribution in [0.2, 0.25) is 0 Å². The number of carbonyl (C=O) groups is 3. The van der Waals surface area contributed by atoms with Gasteiger partial charge in [0, 0.05) is 75.9 Å². The number of imidazole rings is 2. The number of nitrogens with one attached hydrogen (secondary N) is 2. The standard InChI is InChI=1S/C43H54N8O4/c1-6-20-50-21-13-35-33(24-50)44-37(48(35)4)39(52)46-31-11-7-9-29(27(31)2)30-10-8-12-32(28(30)3)47-40(53)38-45-34-25-51(22-14-36(34)49(38)5)23-19-42-15-17-43(26-42,18-16-42)41(54)55/h7-12H,6,13-26H2,1-5H3,(H,46,52)(H,47,53)(H,54,55). The minimum Gasteiger partial charge on any atom is -0.481 e. The Morgan fingerprint density at radius 2 is 1.24 bits per heavy atom. The highest BCUT2D eigenvalue weighted by Gasteiger charge is 2.57. The number of rotatable bonds is 11. The summed E-state index contributed by atoms with van der Waals surface area (Å²) in [6.45, 7) is 11.5. The third kappa shape index (κ3) is 6.67. The molecule has 2 aromatic carbocycles. The van der Waals surface area contributed by atoms with E-state index in [-0.39, 0.29) is 17.2 Å². The zero-order valence-corrected chi connectivity index (χ0v) is 32.9. The van der Waals surface area contributed by atoms with Crippen LogP contribution in [0, 0.1) is 24.7 Å². The normalized spacial score (nSPS) is 22.1. The Balaban J connectivity index is 0.942. The number of anilines is 2. The van der Waals surface area contributed by atoms with Crippen molar-refractivity contribution in [2.75, 3.05) is 36.8 Å². The average Bonchev–Trinajstić information content (AvgIpc) is 3.93. The van der Waals surface area contributed by atoms with Crippen molar-refractivity contribution in [3.8, 4) is 11.1 Å². The molecule has 2 fully saturated rings. The van der Waals surface area contributed by atoms with Crippen LogP contribution in [0.5, 0.6) is 0 Å². The first-order valence-corrected chi connectivity index (χ1v) is 20.0. The molecule has 0 radical (unpaired) electrons. The Kier molecular flexibility index (Phi) is 9.69. The van der Waals surface area contributed by atoms with Crippen LogP contribution in [0.4, 0.5) is 11.4 Å². The molecule has 3 N–H and O–H groups in total. The monoisotopic (exact) mass is 746 g/mol. The number of carboxylic acids is 1. The Hall–Kier alpha value is -4.81. The van der Waals surface area contributed by atoms with Gasteiger partial charge in [-0.25, -0.2) is 9.97 Å². The molecule has 4 heterocycles. The van der Waals surface area contributed by atoms with Crippen LogP contribution in [-0.4, -0.2) is 78.0 Å². The van der Waals surface area contributed by atoms with E-state index in [2.05, 4.69) is 27.4 Å².